The monoisotopic (exact) mass is 429 g/mol. The zero-order valence-electron chi connectivity index (χ0n) is 17.9. The van der Waals surface area contributed by atoms with Crippen molar-refractivity contribution in [3.8, 4) is 17.2 Å². The number of benzene rings is 3. The third-order valence-electron chi connectivity index (χ3n) is 4.57. The molecular weight excluding hydrogens is 398 g/mol. The first kappa shape index (κ1) is 23.7. The van der Waals surface area contributed by atoms with Gasteiger partial charge in [-0.05, 0) is 49.0 Å². The van der Waals surface area contributed by atoms with Crippen LogP contribution in [0, 0.1) is 0 Å². The molecule has 2 N–H and O–H groups in total. The van der Waals surface area contributed by atoms with Crippen molar-refractivity contribution < 1.29 is 17.3 Å². The number of ether oxygens (including phenoxy) is 1. The van der Waals surface area contributed by atoms with Gasteiger partial charge in [0.15, 0.2) is 0 Å². The van der Waals surface area contributed by atoms with Gasteiger partial charge in [0.25, 0.3) is 0 Å². The largest absolute Gasteiger partial charge is 0.457 e. The molecule has 5 nitrogen and oxygen atoms in total. The molecule has 0 aromatic heterocycles. The highest BCUT2D eigenvalue weighted by atomic mass is 32.2. The number of unbranched alkanes of at least 4 members (excludes halogenated alkanes) is 2. The van der Waals surface area contributed by atoms with E-state index in [0.29, 0.717) is 12.2 Å². The minimum atomic E-state index is -3.59. The Balaban J connectivity index is 0.00000155. The van der Waals surface area contributed by atoms with E-state index >= 15 is 0 Å². The molecule has 0 amide bonds. The summed E-state index contributed by atoms with van der Waals surface area (Å²) in [5.41, 5.74) is 5.77. The van der Waals surface area contributed by atoms with Crippen molar-refractivity contribution >= 4 is 20.9 Å². The minimum Gasteiger partial charge on any atom is -0.457 e. The lowest BCUT2D eigenvalue weighted by atomic mass is 10.0. The molecule has 3 aromatic rings. The number of rotatable bonds is 9. The first-order valence-electron chi connectivity index (χ1n) is 10.3. The van der Waals surface area contributed by atoms with Crippen LogP contribution in [-0.2, 0) is 16.5 Å². The Morgan fingerprint density at radius 3 is 2.33 bits per heavy atom. The predicted molar refractivity (Wildman–Crippen MR) is 124 cm³/mol. The molecule has 0 unspecified atom stereocenters. The van der Waals surface area contributed by atoms with Gasteiger partial charge in [0, 0.05) is 11.5 Å². The summed E-state index contributed by atoms with van der Waals surface area (Å²) < 4.78 is 35.5. The van der Waals surface area contributed by atoms with E-state index in [2.05, 4.69) is 36.9 Å². The van der Waals surface area contributed by atoms with E-state index in [9.17, 15) is 8.42 Å². The van der Waals surface area contributed by atoms with Crippen LogP contribution in [0.25, 0.3) is 10.8 Å². The number of hydrogen-bond donors (Lipinski definition) is 1. The Morgan fingerprint density at radius 1 is 0.867 bits per heavy atom. The van der Waals surface area contributed by atoms with Crippen LogP contribution in [0.1, 0.15) is 38.7 Å². The van der Waals surface area contributed by atoms with Gasteiger partial charge in [0.1, 0.15) is 17.2 Å². The summed E-state index contributed by atoms with van der Waals surface area (Å²) in [4.78, 5) is 0. The van der Waals surface area contributed by atoms with Crippen molar-refractivity contribution in [3.63, 3.8) is 0 Å². The molecule has 0 fully saturated rings. The fraction of sp³-hybridized carbons (Fsp3) is 0.333. The van der Waals surface area contributed by atoms with Crippen LogP contribution in [0.2, 0.25) is 0 Å². The SMILES string of the molecule is CCCCCS(=O)(=O)Oc1cccc(Oc2cccc3cc(CC)ccc23)c1.CN. The molecule has 162 valence electrons. The molecule has 0 heterocycles. The van der Waals surface area contributed by atoms with Gasteiger partial charge in [-0.2, -0.15) is 8.42 Å². The summed E-state index contributed by atoms with van der Waals surface area (Å²) in [6.07, 6.45) is 3.41. The van der Waals surface area contributed by atoms with Crippen molar-refractivity contribution in [1.29, 1.82) is 0 Å². The molecule has 0 radical (unpaired) electrons. The lowest BCUT2D eigenvalue weighted by Gasteiger charge is -2.11. The maximum absolute atomic E-state index is 12.1. The zero-order valence-corrected chi connectivity index (χ0v) is 18.7. The first-order valence-corrected chi connectivity index (χ1v) is 11.9. The Kier molecular flexibility index (Phi) is 9.15. The summed E-state index contributed by atoms with van der Waals surface area (Å²) in [6.45, 7) is 4.16. The average molecular weight is 430 g/mol. The number of fused-ring (bicyclic) bond motifs is 1. The Labute approximate surface area is 179 Å². The molecule has 0 saturated heterocycles. The molecule has 0 saturated carbocycles. The van der Waals surface area contributed by atoms with E-state index in [1.165, 1.54) is 12.6 Å². The van der Waals surface area contributed by atoms with Gasteiger partial charge in [0.2, 0.25) is 0 Å². The fourth-order valence-electron chi connectivity index (χ4n) is 3.05. The van der Waals surface area contributed by atoms with E-state index in [0.717, 1.165) is 35.8 Å². The van der Waals surface area contributed by atoms with Crippen molar-refractivity contribution in [3.05, 3.63) is 66.2 Å². The van der Waals surface area contributed by atoms with E-state index in [1.807, 2.05) is 19.1 Å². The van der Waals surface area contributed by atoms with Gasteiger partial charge >= 0.3 is 10.1 Å². The van der Waals surface area contributed by atoms with E-state index < -0.39 is 10.1 Å². The van der Waals surface area contributed by atoms with Crippen LogP contribution in [0.5, 0.6) is 17.2 Å². The number of hydrogen-bond acceptors (Lipinski definition) is 5. The number of nitrogens with two attached hydrogens (primary N) is 1. The quantitative estimate of drug-likeness (QED) is 0.350. The molecule has 0 aliphatic carbocycles. The topological polar surface area (TPSA) is 78.6 Å². The van der Waals surface area contributed by atoms with Crippen molar-refractivity contribution in [2.24, 2.45) is 5.73 Å². The van der Waals surface area contributed by atoms with E-state index in [1.54, 1.807) is 24.3 Å². The van der Waals surface area contributed by atoms with Crippen LogP contribution in [-0.4, -0.2) is 21.2 Å². The average Bonchev–Trinajstić information content (AvgIpc) is 2.75. The highest BCUT2D eigenvalue weighted by Crippen LogP contribution is 2.32. The molecule has 6 heteroatoms. The fourth-order valence-corrected chi connectivity index (χ4v) is 4.08. The third-order valence-corrected chi connectivity index (χ3v) is 5.80. The zero-order chi connectivity index (χ0) is 22.0. The van der Waals surface area contributed by atoms with Gasteiger partial charge in [-0.3, -0.25) is 0 Å². The van der Waals surface area contributed by atoms with Crippen LogP contribution < -0.4 is 14.7 Å². The summed E-state index contributed by atoms with van der Waals surface area (Å²) in [6, 6.07) is 19.0. The molecular formula is C24H31NO4S. The maximum atomic E-state index is 12.1. The second kappa shape index (κ2) is 11.6. The summed E-state index contributed by atoms with van der Waals surface area (Å²) >= 11 is 0. The van der Waals surface area contributed by atoms with E-state index in [4.69, 9.17) is 8.92 Å². The summed E-state index contributed by atoms with van der Waals surface area (Å²) in [5, 5.41) is 2.13. The van der Waals surface area contributed by atoms with Crippen LogP contribution in [0.15, 0.2) is 60.7 Å². The normalized spacial score (nSPS) is 10.9. The first-order chi connectivity index (χ1) is 14.5. The van der Waals surface area contributed by atoms with Gasteiger partial charge in [-0.15, -0.1) is 0 Å². The molecule has 0 bridgehead atoms. The second-order valence-corrected chi connectivity index (χ2v) is 8.48. The molecule has 0 aliphatic rings. The predicted octanol–water partition coefficient (Wildman–Crippen LogP) is 5.67. The van der Waals surface area contributed by atoms with Crippen LogP contribution >= 0.6 is 0 Å². The second-order valence-electron chi connectivity index (χ2n) is 6.79. The smallest absolute Gasteiger partial charge is 0.309 e. The standard InChI is InChI=1S/C23H26O4S.CH5N/c1-3-5-6-15-28(24,25)27-21-11-8-10-20(17-21)26-23-12-7-9-19-16-18(4-2)13-14-22(19)23;1-2/h7-14,16-17H,3-6,15H2,1-2H3;2H2,1H3. The van der Waals surface area contributed by atoms with Crippen LogP contribution in [0.4, 0.5) is 0 Å². The van der Waals surface area contributed by atoms with Gasteiger partial charge in [0.05, 0.1) is 5.75 Å². The van der Waals surface area contributed by atoms with Crippen molar-refractivity contribution in [2.75, 3.05) is 12.8 Å². The molecule has 3 rings (SSSR count). The van der Waals surface area contributed by atoms with Crippen LogP contribution in [0.3, 0.4) is 0 Å². The Bertz CT molecular complexity index is 1050. The molecule has 0 atom stereocenters. The minimum absolute atomic E-state index is 0.0228. The molecule has 3 aromatic carbocycles. The molecule has 0 spiro atoms. The molecule has 0 aliphatic heterocycles. The Morgan fingerprint density at radius 2 is 1.60 bits per heavy atom. The summed E-state index contributed by atoms with van der Waals surface area (Å²) in [5.74, 6) is 1.55. The third kappa shape index (κ3) is 6.75. The lowest BCUT2D eigenvalue weighted by Crippen LogP contribution is -2.13. The summed E-state index contributed by atoms with van der Waals surface area (Å²) in [7, 11) is -2.09. The highest BCUT2D eigenvalue weighted by Gasteiger charge is 2.13. The number of aryl methyl sites for hydroxylation is 1. The van der Waals surface area contributed by atoms with E-state index in [-0.39, 0.29) is 11.5 Å². The van der Waals surface area contributed by atoms with Crippen molar-refractivity contribution in [2.45, 2.75) is 39.5 Å². The van der Waals surface area contributed by atoms with Gasteiger partial charge < -0.3 is 14.7 Å². The van der Waals surface area contributed by atoms with Gasteiger partial charge in [-0.25, -0.2) is 0 Å². The Hall–Kier alpha value is -2.57. The lowest BCUT2D eigenvalue weighted by molar-refractivity contribution is 0.470. The van der Waals surface area contributed by atoms with Crippen molar-refractivity contribution in [1.82, 2.24) is 0 Å². The highest BCUT2D eigenvalue weighted by molar-refractivity contribution is 7.87. The molecule has 30 heavy (non-hydrogen) atoms. The van der Waals surface area contributed by atoms with Gasteiger partial charge in [-0.1, -0.05) is 63.1 Å². The maximum Gasteiger partial charge on any atom is 0.309 e.